The van der Waals surface area contributed by atoms with E-state index >= 15 is 0 Å². The Labute approximate surface area is 126 Å². The second kappa shape index (κ2) is 7.87. The zero-order valence-electron chi connectivity index (χ0n) is 11.3. The molecule has 0 aliphatic rings. The summed E-state index contributed by atoms with van der Waals surface area (Å²) in [5, 5.41) is 19.0. The van der Waals surface area contributed by atoms with E-state index in [2.05, 4.69) is 0 Å². The standard InChI is InChI=1S/C15H16O5S/c16-12(9-19-8-11-4-2-1-3-5-11)10-21-14-7-6-13(20-14)15(17)18/h1-7,12,16H,8-10H2,(H,17,18). The highest BCUT2D eigenvalue weighted by atomic mass is 32.2. The fourth-order valence-electron chi connectivity index (χ4n) is 1.63. The number of thioether (sulfide) groups is 1. The van der Waals surface area contributed by atoms with Crippen molar-refractivity contribution in [2.45, 2.75) is 17.8 Å². The van der Waals surface area contributed by atoms with Crippen molar-refractivity contribution in [3.8, 4) is 0 Å². The molecule has 1 heterocycles. The van der Waals surface area contributed by atoms with Crippen LogP contribution in [-0.2, 0) is 11.3 Å². The lowest BCUT2D eigenvalue weighted by Gasteiger charge is -2.10. The van der Waals surface area contributed by atoms with Crippen LogP contribution in [0, 0.1) is 0 Å². The summed E-state index contributed by atoms with van der Waals surface area (Å²) < 4.78 is 10.5. The molecule has 2 aromatic rings. The third kappa shape index (κ3) is 5.26. The van der Waals surface area contributed by atoms with Gasteiger partial charge in [0.15, 0.2) is 5.09 Å². The first-order valence-corrected chi connectivity index (χ1v) is 7.39. The summed E-state index contributed by atoms with van der Waals surface area (Å²) in [4.78, 5) is 10.7. The molecule has 2 rings (SSSR count). The number of ether oxygens (including phenoxy) is 1. The van der Waals surface area contributed by atoms with Crippen LogP contribution in [0.4, 0.5) is 0 Å². The molecule has 0 aliphatic carbocycles. The van der Waals surface area contributed by atoms with Crippen LogP contribution in [-0.4, -0.2) is 34.6 Å². The number of carboxylic acid groups (broad SMARTS) is 1. The quantitative estimate of drug-likeness (QED) is 0.730. The summed E-state index contributed by atoms with van der Waals surface area (Å²) in [7, 11) is 0. The van der Waals surface area contributed by atoms with E-state index in [1.54, 1.807) is 6.07 Å². The van der Waals surface area contributed by atoms with Crippen molar-refractivity contribution in [2.24, 2.45) is 0 Å². The summed E-state index contributed by atoms with van der Waals surface area (Å²) in [6.07, 6.45) is -0.642. The van der Waals surface area contributed by atoms with Crippen LogP contribution in [0.1, 0.15) is 16.1 Å². The van der Waals surface area contributed by atoms with Gasteiger partial charge in [-0.05, 0) is 17.7 Å². The maximum Gasteiger partial charge on any atom is 0.371 e. The number of hydrogen-bond donors (Lipinski definition) is 2. The molecular weight excluding hydrogens is 292 g/mol. The molecule has 1 aromatic carbocycles. The van der Waals surface area contributed by atoms with E-state index in [1.807, 2.05) is 30.3 Å². The molecular formula is C15H16O5S. The number of rotatable bonds is 8. The Morgan fingerprint density at radius 2 is 2.00 bits per heavy atom. The first kappa shape index (κ1) is 15.6. The smallest absolute Gasteiger partial charge is 0.371 e. The molecule has 0 aliphatic heterocycles. The lowest BCUT2D eigenvalue weighted by Crippen LogP contribution is -2.17. The first-order chi connectivity index (χ1) is 10.1. The van der Waals surface area contributed by atoms with Gasteiger partial charge in [-0.1, -0.05) is 42.1 Å². The van der Waals surface area contributed by atoms with Gasteiger partial charge in [0, 0.05) is 5.75 Å². The largest absolute Gasteiger partial charge is 0.475 e. The van der Waals surface area contributed by atoms with Gasteiger partial charge in [0.2, 0.25) is 5.76 Å². The molecule has 5 nitrogen and oxygen atoms in total. The topological polar surface area (TPSA) is 79.9 Å². The number of aliphatic hydroxyl groups excluding tert-OH is 1. The Hall–Kier alpha value is -1.76. The van der Waals surface area contributed by atoms with Crippen LogP contribution < -0.4 is 0 Å². The van der Waals surface area contributed by atoms with Crippen LogP contribution in [0.2, 0.25) is 0 Å². The molecule has 112 valence electrons. The minimum atomic E-state index is -1.10. The lowest BCUT2D eigenvalue weighted by atomic mass is 10.2. The van der Waals surface area contributed by atoms with E-state index in [4.69, 9.17) is 14.3 Å². The minimum Gasteiger partial charge on any atom is -0.475 e. The van der Waals surface area contributed by atoms with Gasteiger partial charge in [0.25, 0.3) is 0 Å². The van der Waals surface area contributed by atoms with Gasteiger partial charge in [0.05, 0.1) is 19.3 Å². The lowest BCUT2D eigenvalue weighted by molar-refractivity contribution is 0.0397. The highest BCUT2D eigenvalue weighted by Crippen LogP contribution is 2.21. The predicted molar refractivity (Wildman–Crippen MR) is 78.5 cm³/mol. The van der Waals surface area contributed by atoms with Crippen LogP contribution >= 0.6 is 11.8 Å². The van der Waals surface area contributed by atoms with E-state index in [0.29, 0.717) is 17.5 Å². The highest BCUT2D eigenvalue weighted by Gasteiger charge is 2.11. The van der Waals surface area contributed by atoms with E-state index in [-0.39, 0.29) is 12.4 Å². The van der Waals surface area contributed by atoms with E-state index in [1.165, 1.54) is 17.8 Å². The molecule has 2 N–H and O–H groups in total. The van der Waals surface area contributed by atoms with E-state index < -0.39 is 12.1 Å². The number of carboxylic acids is 1. The Morgan fingerprint density at radius 1 is 1.24 bits per heavy atom. The maximum atomic E-state index is 10.7. The van der Waals surface area contributed by atoms with Gasteiger partial charge in [-0.25, -0.2) is 4.79 Å². The van der Waals surface area contributed by atoms with Gasteiger partial charge in [-0.15, -0.1) is 0 Å². The number of aromatic carboxylic acids is 1. The molecule has 0 radical (unpaired) electrons. The van der Waals surface area contributed by atoms with Crippen molar-refractivity contribution in [2.75, 3.05) is 12.4 Å². The van der Waals surface area contributed by atoms with Crippen molar-refractivity contribution < 1.29 is 24.2 Å². The van der Waals surface area contributed by atoms with Crippen molar-refractivity contribution in [1.82, 2.24) is 0 Å². The Balaban J connectivity index is 1.67. The summed E-state index contributed by atoms with van der Waals surface area (Å²) in [6, 6.07) is 12.7. The molecule has 1 atom stereocenters. The normalized spacial score (nSPS) is 12.2. The Morgan fingerprint density at radius 3 is 2.67 bits per heavy atom. The summed E-state index contributed by atoms with van der Waals surface area (Å²) in [6.45, 7) is 0.668. The maximum absolute atomic E-state index is 10.7. The number of hydrogen-bond acceptors (Lipinski definition) is 5. The van der Waals surface area contributed by atoms with Gasteiger partial charge in [-0.2, -0.15) is 0 Å². The highest BCUT2D eigenvalue weighted by molar-refractivity contribution is 7.99. The summed E-state index contributed by atoms with van der Waals surface area (Å²) in [5.74, 6) is -0.831. The van der Waals surface area contributed by atoms with Gasteiger partial charge >= 0.3 is 5.97 Å². The zero-order valence-corrected chi connectivity index (χ0v) is 12.1. The molecule has 0 spiro atoms. The fraction of sp³-hybridized carbons (Fsp3) is 0.267. The zero-order chi connectivity index (χ0) is 15.1. The molecule has 1 aromatic heterocycles. The predicted octanol–water partition coefficient (Wildman–Crippen LogP) is 2.65. The van der Waals surface area contributed by atoms with Crippen molar-refractivity contribution in [1.29, 1.82) is 0 Å². The molecule has 0 fully saturated rings. The Bertz CT molecular complexity index is 566. The average Bonchev–Trinajstić information content (AvgIpc) is 2.95. The second-order valence-electron chi connectivity index (χ2n) is 4.39. The molecule has 1 unspecified atom stereocenters. The van der Waals surface area contributed by atoms with Crippen LogP contribution in [0.5, 0.6) is 0 Å². The minimum absolute atomic E-state index is 0.104. The molecule has 0 saturated heterocycles. The van der Waals surface area contributed by atoms with Crippen molar-refractivity contribution in [3.63, 3.8) is 0 Å². The Kier molecular flexibility index (Phi) is 5.86. The molecule has 6 heteroatoms. The monoisotopic (exact) mass is 308 g/mol. The second-order valence-corrected chi connectivity index (χ2v) is 5.41. The van der Waals surface area contributed by atoms with Gasteiger partial charge < -0.3 is 19.4 Å². The van der Waals surface area contributed by atoms with Crippen LogP contribution in [0.15, 0.2) is 52.0 Å². The molecule has 21 heavy (non-hydrogen) atoms. The third-order valence-corrected chi connectivity index (χ3v) is 3.69. The summed E-state index contributed by atoms with van der Waals surface area (Å²) >= 11 is 1.25. The van der Waals surface area contributed by atoms with Crippen LogP contribution in [0.25, 0.3) is 0 Å². The van der Waals surface area contributed by atoms with E-state index in [9.17, 15) is 9.90 Å². The third-order valence-electron chi connectivity index (χ3n) is 2.63. The first-order valence-electron chi connectivity index (χ1n) is 6.41. The molecule has 0 bridgehead atoms. The van der Waals surface area contributed by atoms with Crippen LogP contribution in [0.3, 0.4) is 0 Å². The fourth-order valence-corrected chi connectivity index (χ4v) is 2.39. The summed E-state index contributed by atoms with van der Waals surface area (Å²) in [5.41, 5.74) is 1.05. The number of furan rings is 1. The molecule has 0 saturated carbocycles. The number of aliphatic hydroxyl groups is 1. The number of benzene rings is 1. The van der Waals surface area contributed by atoms with Gasteiger partial charge in [0.1, 0.15) is 0 Å². The van der Waals surface area contributed by atoms with Crippen molar-refractivity contribution in [3.05, 3.63) is 53.8 Å². The average molecular weight is 308 g/mol. The SMILES string of the molecule is O=C(O)c1ccc(SCC(O)COCc2ccccc2)o1. The van der Waals surface area contributed by atoms with Crippen molar-refractivity contribution >= 4 is 17.7 Å². The van der Waals surface area contributed by atoms with E-state index in [0.717, 1.165) is 5.56 Å². The van der Waals surface area contributed by atoms with Gasteiger partial charge in [-0.3, -0.25) is 0 Å². The molecule has 0 amide bonds. The number of carbonyl (C=O) groups is 1.